The molecule has 2 rings (SSSR count). The Labute approximate surface area is 124 Å². The molecule has 1 aromatic carbocycles. The minimum atomic E-state index is -0.0385. The summed E-state index contributed by atoms with van der Waals surface area (Å²) in [5.41, 5.74) is 8.11. The van der Waals surface area contributed by atoms with Crippen LogP contribution in [-0.2, 0) is 22.7 Å². The first-order valence-corrected chi connectivity index (χ1v) is 7.08. The van der Waals surface area contributed by atoms with E-state index in [9.17, 15) is 4.79 Å². The van der Waals surface area contributed by atoms with E-state index in [0.29, 0.717) is 23.6 Å². The molecule has 0 saturated carbocycles. The zero-order valence-corrected chi connectivity index (χ0v) is 12.7. The molecule has 6 nitrogen and oxygen atoms in total. The summed E-state index contributed by atoms with van der Waals surface area (Å²) >= 11 is 0. The molecule has 1 amide bonds. The largest absolute Gasteiger partial charge is 0.397 e. The van der Waals surface area contributed by atoms with Gasteiger partial charge in [-0.15, -0.1) is 0 Å². The molecule has 0 aliphatic carbocycles. The highest BCUT2D eigenvalue weighted by Crippen LogP contribution is 2.22. The van der Waals surface area contributed by atoms with Gasteiger partial charge in [0.15, 0.2) is 0 Å². The van der Waals surface area contributed by atoms with Crippen LogP contribution in [0.4, 0.5) is 5.69 Å². The summed E-state index contributed by atoms with van der Waals surface area (Å²) in [6.07, 6.45) is 0.897. The molecule has 0 aliphatic rings. The van der Waals surface area contributed by atoms with E-state index >= 15 is 0 Å². The smallest absolute Gasteiger partial charge is 0.240 e. The van der Waals surface area contributed by atoms with Crippen molar-refractivity contribution in [3.8, 4) is 0 Å². The highest BCUT2D eigenvalue weighted by Gasteiger charge is 2.15. The minimum Gasteiger partial charge on any atom is -0.397 e. The molecule has 0 spiro atoms. The van der Waals surface area contributed by atoms with Crippen LogP contribution in [0, 0.1) is 0 Å². The standard InChI is InChI=1S/C15H22N4O2/c1-4-10(2)17-14(20)8-19-12-7-5-6-11(16)15(12)18-13(19)9-21-3/h5-7,10H,4,8-9,16H2,1-3H3,(H,17,20). The summed E-state index contributed by atoms with van der Waals surface area (Å²) in [5, 5.41) is 2.96. The lowest BCUT2D eigenvalue weighted by atomic mass is 10.2. The van der Waals surface area contributed by atoms with Crippen LogP contribution in [0.3, 0.4) is 0 Å². The number of ether oxygens (including phenoxy) is 1. The number of fused-ring (bicyclic) bond motifs is 1. The molecule has 1 unspecified atom stereocenters. The van der Waals surface area contributed by atoms with Crippen LogP contribution in [0.25, 0.3) is 11.0 Å². The van der Waals surface area contributed by atoms with E-state index in [1.165, 1.54) is 0 Å². The average Bonchev–Trinajstić information content (AvgIpc) is 2.79. The fourth-order valence-corrected chi connectivity index (χ4v) is 2.20. The molecule has 0 aliphatic heterocycles. The third-order valence-electron chi connectivity index (χ3n) is 3.48. The molecule has 0 saturated heterocycles. The number of aromatic nitrogens is 2. The van der Waals surface area contributed by atoms with Crippen molar-refractivity contribution < 1.29 is 9.53 Å². The van der Waals surface area contributed by atoms with Crippen molar-refractivity contribution in [3.63, 3.8) is 0 Å². The Bertz CT molecular complexity index is 636. The van der Waals surface area contributed by atoms with Gasteiger partial charge in [0.1, 0.15) is 24.5 Å². The summed E-state index contributed by atoms with van der Waals surface area (Å²) in [7, 11) is 1.60. The highest BCUT2D eigenvalue weighted by molar-refractivity contribution is 5.89. The van der Waals surface area contributed by atoms with Crippen molar-refractivity contribution in [2.75, 3.05) is 12.8 Å². The Kier molecular flexibility index (Phi) is 4.80. The Balaban J connectivity index is 2.34. The molecule has 0 fully saturated rings. The highest BCUT2D eigenvalue weighted by atomic mass is 16.5. The number of rotatable bonds is 6. The van der Waals surface area contributed by atoms with Crippen molar-refractivity contribution in [1.82, 2.24) is 14.9 Å². The van der Waals surface area contributed by atoms with E-state index in [1.807, 2.05) is 30.5 Å². The van der Waals surface area contributed by atoms with Crippen LogP contribution >= 0.6 is 0 Å². The van der Waals surface area contributed by atoms with Gasteiger partial charge >= 0.3 is 0 Å². The summed E-state index contributed by atoms with van der Waals surface area (Å²) in [5.74, 6) is 0.660. The number of nitrogens with one attached hydrogen (secondary N) is 1. The van der Waals surface area contributed by atoms with Gasteiger partial charge in [0, 0.05) is 13.2 Å². The maximum atomic E-state index is 12.1. The van der Waals surface area contributed by atoms with E-state index in [-0.39, 0.29) is 18.5 Å². The first-order chi connectivity index (χ1) is 10.1. The summed E-state index contributed by atoms with van der Waals surface area (Å²) in [6.45, 7) is 4.57. The van der Waals surface area contributed by atoms with Crippen molar-refractivity contribution in [2.24, 2.45) is 0 Å². The van der Waals surface area contributed by atoms with Crippen LogP contribution in [0.1, 0.15) is 26.1 Å². The molecule has 114 valence electrons. The summed E-state index contributed by atoms with van der Waals surface area (Å²) in [4.78, 5) is 16.6. The number of imidazole rings is 1. The van der Waals surface area contributed by atoms with Gasteiger partial charge < -0.3 is 20.4 Å². The van der Waals surface area contributed by atoms with Crippen LogP contribution < -0.4 is 11.1 Å². The van der Waals surface area contributed by atoms with Gasteiger partial charge in [0.05, 0.1) is 11.2 Å². The predicted molar refractivity (Wildman–Crippen MR) is 82.8 cm³/mol. The molecule has 21 heavy (non-hydrogen) atoms. The molecular formula is C15H22N4O2. The van der Waals surface area contributed by atoms with Gasteiger partial charge in [-0.05, 0) is 25.5 Å². The number of hydrogen-bond acceptors (Lipinski definition) is 4. The number of para-hydroxylation sites is 1. The SMILES string of the molecule is CCC(C)NC(=O)Cn1c(COC)nc2c(N)cccc21. The van der Waals surface area contributed by atoms with Crippen LogP contribution in [-0.4, -0.2) is 28.6 Å². The van der Waals surface area contributed by atoms with E-state index in [4.69, 9.17) is 10.5 Å². The average molecular weight is 290 g/mol. The monoisotopic (exact) mass is 290 g/mol. The molecule has 3 N–H and O–H groups in total. The first kappa shape index (κ1) is 15.3. The molecule has 6 heteroatoms. The van der Waals surface area contributed by atoms with Gasteiger partial charge in [-0.3, -0.25) is 4.79 Å². The van der Waals surface area contributed by atoms with E-state index in [1.54, 1.807) is 13.2 Å². The van der Waals surface area contributed by atoms with Crippen molar-refractivity contribution in [2.45, 2.75) is 39.5 Å². The van der Waals surface area contributed by atoms with Gasteiger partial charge in [-0.1, -0.05) is 13.0 Å². The third kappa shape index (κ3) is 3.33. The molecule has 1 atom stereocenters. The number of nitrogens with zero attached hydrogens (tertiary/aromatic N) is 2. The lowest BCUT2D eigenvalue weighted by Gasteiger charge is -2.13. The second kappa shape index (κ2) is 6.58. The Morgan fingerprint density at radius 1 is 1.52 bits per heavy atom. The zero-order chi connectivity index (χ0) is 15.4. The van der Waals surface area contributed by atoms with Crippen LogP contribution in [0.15, 0.2) is 18.2 Å². The lowest BCUT2D eigenvalue weighted by molar-refractivity contribution is -0.122. The zero-order valence-electron chi connectivity index (χ0n) is 12.7. The minimum absolute atomic E-state index is 0.0385. The molecule has 1 aromatic heterocycles. The molecule has 1 heterocycles. The van der Waals surface area contributed by atoms with E-state index < -0.39 is 0 Å². The fraction of sp³-hybridized carbons (Fsp3) is 0.467. The van der Waals surface area contributed by atoms with Gasteiger partial charge in [-0.2, -0.15) is 0 Å². The quantitative estimate of drug-likeness (QED) is 0.793. The summed E-state index contributed by atoms with van der Waals surface area (Å²) in [6, 6.07) is 5.73. The van der Waals surface area contributed by atoms with Crippen LogP contribution in [0.2, 0.25) is 0 Å². The number of methoxy groups -OCH3 is 1. The predicted octanol–water partition coefficient (Wildman–Crippen LogP) is 1.68. The second-order valence-corrected chi connectivity index (χ2v) is 5.14. The van der Waals surface area contributed by atoms with Gasteiger partial charge in [0.2, 0.25) is 5.91 Å². The number of amides is 1. The number of nitrogens with two attached hydrogens (primary N) is 1. The topological polar surface area (TPSA) is 82.2 Å². The Morgan fingerprint density at radius 3 is 2.95 bits per heavy atom. The van der Waals surface area contributed by atoms with Crippen molar-refractivity contribution >= 4 is 22.6 Å². The summed E-state index contributed by atoms with van der Waals surface area (Å²) < 4.78 is 7.02. The number of carbonyl (C=O) groups excluding carboxylic acids is 1. The maximum Gasteiger partial charge on any atom is 0.240 e. The maximum absolute atomic E-state index is 12.1. The van der Waals surface area contributed by atoms with Crippen molar-refractivity contribution in [3.05, 3.63) is 24.0 Å². The van der Waals surface area contributed by atoms with Gasteiger partial charge in [-0.25, -0.2) is 4.98 Å². The molecule has 0 radical (unpaired) electrons. The first-order valence-electron chi connectivity index (χ1n) is 7.08. The normalized spacial score (nSPS) is 12.5. The van der Waals surface area contributed by atoms with Crippen molar-refractivity contribution in [1.29, 1.82) is 0 Å². The second-order valence-electron chi connectivity index (χ2n) is 5.14. The number of hydrogen-bond donors (Lipinski definition) is 2. The number of benzene rings is 1. The number of carbonyl (C=O) groups is 1. The fourth-order valence-electron chi connectivity index (χ4n) is 2.20. The lowest BCUT2D eigenvalue weighted by Crippen LogP contribution is -2.35. The molecular weight excluding hydrogens is 268 g/mol. The Hall–Kier alpha value is -2.08. The van der Waals surface area contributed by atoms with E-state index in [0.717, 1.165) is 11.9 Å². The molecule has 2 aromatic rings. The number of anilines is 1. The third-order valence-corrected chi connectivity index (χ3v) is 3.48. The number of nitrogen functional groups attached to an aromatic ring is 1. The van der Waals surface area contributed by atoms with E-state index in [2.05, 4.69) is 10.3 Å². The van der Waals surface area contributed by atoms with Crippen LogP contribution in [0.5, 0.6) is 0 Å². The Morgan fingerprint density at radius 2 is 2.29 bits per heavy atom. The van der Waals surface area contributed by atoms with Gasteiger partial charge in [0.25, 0.3) is 0 Å². The molecule has 0 bridgehead atoms.